The summed E-state index contributed by atoms with van der Waals surface area (Å²) in [5, 5.41) is 20.4. The monoisotopic (exact) mass is 380 g/mol. The van der Waals surface area contributed by atoms with Gasteiger partial charge in [-0.15, -0.1) is 0 Å². The normalized spacial score (nSPS) is 14.8. The number of benzene rings is 1. The molecule has 1 aromatic carbocycles. The summed E-state index contributed by atoms with van der Waals surface area (Å²) < 4.78 is 23.3. The average molecular weight is 380 g/mol. The fourth-order valence-corrected chi connectivity index (χ4v) is 3.39. The van der Waals surface area contributed by atoms with E-state index in [1.54, 1.807) is 0 Å². The fraction of sp³-hybridized carbons (Fsp3) is 0.333. The van der Waals surface area contributed by atoms with Crippen LogP contribution in [-0.4, -0.2) is 46.1 Å². The van der Waals surface area contributed by atoms with Crippen LogP contribution in [-0.2, 0) is 29.3 Å². The van der Waals surface area contributed by atoms with Crippen molar-refractivity contribution in [3.8, 4) is 5.75 Å². The number of aromatic nitrogens is 2. The summed E-state index contributed by atoms with van der Waals surface area (Å²) in [5.74, 6) is -0.0721. The van der Waals surface area contributed by atoms with Crippen LogP contribution < -0.4 is 5.56 Å². The number of aromatic hydroxyl groups is 1. The Morgan fingerprint density at radius 2 is 2.15 bits per heavy atom. The molecule has 2 N–H and O–H groups in total. The Hall–Kier alpha value is -2.79. The molecule has 0 radical (unpaired) electrons. The van der Waals surface area contributed by atoms with Gasteiger partial charge in [0.2, 0.25) is 15.0 Å². The van der Waals surface area contributed by atoms with Crippen molar-refractivity contribution in [3.05, 3.63) is 55.5 Å². The molecule has 0 saturated carbocycles. The number of aromatic amines is 1. The van der Waals surface area contributed by atoms with Gasteiger partial charge >= 0.3 is 0 Å². The van der Waals surface area contributed by atoms with Gasteiger partial charge in [-0.05, 0) is 12.5 Å². The maximum absolute atomic E-state index is 12.1. The molecule has 0 atom stereocenters. The second kappa shape index (κ2) is 6.50. The van der Waals surface area contributed by atoms with Crippen molar-refractivity contribution in [3.63, 3.8) is 0 Å². The Morgan fingerprint density at radius 1 is 1.42 bits per heavy atom. The lowest BCUT2D eigenvalue weighted by molar-refractivity contribution is -0.385. The van der Waals surface area contributed by atoms with Crippen LogP contribution in [0.5, 0.6) is 5.75 Å². The molecule has 1 aliphatic rings. The molecule has 10 nitrogen and oxygen atoms in total. The van der Waals surface area contributed by atoms with Crippen LogP contribution in [0.3, 0.4) is 0 Å². The number of non-ortho nitro benzene ring substituents is 1. The molecule has 0 unspecified atom stereocenters. The number of hydrogen-bond acceptors (Lipinski definition) is 8. The standard InChI is InChI=1S/C15H16N4O6S/c1-26(24,25)15-16-12-8-18(5-4-11(12)14(21)17-15)7-9-6-10(19(22)23)2-3-13(9)20/h2-3,6,20H,4-5,7-8H2,1H3,(H,16,17,21). The van der Waals surface area contributed by atoms with Gasteiger partial charge in [0.1, 0.15) is 5.75 Å². The molecule has 0 aliphatic carbocycles. The minimum Gasteiger partial charge on any atom is -0.508 e. The molecule has 1 aromatic heterocycles. The highest BCUT2D eigenvalue weighted by molar-refractivity contribution is 7.90. The number of fused-ring (bicyclic) bond motifs is 1. The van der Waals surface area contributed by atoms with Crippen molar-refractivity contribution >= 4 is 15.5 Å². The molecule has 2 aromatic rings. The third-order valence-corrected chi connectivity index (χ3v) is 5.05. The van der Waals surface area contributed by atoms with Crippen LogP contribution in [0.1, 0.15) is 16.8 Å². The maximum Gasteiger partial charge on any atom is 0.270 e. The maximum atomic E-state index is 12.1. The first-order valence-corrected chi connectivity index (χ1v) is 9.55. The number of phenolic OH excluding ortho intramolecular Hbond substituents is 1. The molecule has 138 valence electrons. The third kappa shape index (κ3) is 3.58. The Bertz CT molecular complexity index is 1050. The van der Waals surface area contributed by atoms with Gasteiger partial charge in [0.05, 0.1) is 10.6 Å². The van der Waals surface area contributed by atoms with Gasteiger partial charge in [0, 0.05) is 49.1 Å². The van der Waals surface area contributed by atoms with Crippen LogP contribution in [0.4, 0.5) is 5.69 Å². The van der Waals surface area contributed by atoms with Crippen molar-refractivity contribution < 1.29 is 18.4 Å². The number of phenols is 1. The van der Waals surface area contributed by atoms with E-state index in [2.05, 4.69) is 9.97 Å². The summed E-state index contributed by atoms with van der Waals surface area (Å²) in [5.41, 5.74) is 0.537. The molecule has 2 heterocycles. The molecule has 0 bridgehead atoms. The zero-order valence-electron chi connectivity index (χ0n) is 13.8. The summed E-state index contributed by atoms with van der Waals surface area (Å²) >= 11 is 0. The van der Waals surface area contributed by atoms with E-state index in [1.807, 2.05) is 4.90 Å². The quantitative estimate of drug-likeness (QED) is 0.439. The smallest absolute Gasteiger partial charge is 0.270 e. The largest absolute Gasteiger partial charge is 0.508 e. The van der Waals surface area contributed by atoms with E-state index < -0.39 is 20.3 Å². The summed E-state index contributed by atoms with van der Waals surface area (Å²) in [6.07, 6.45) is 1.32. The molecule has 0 amide bonds. The predicted molar refractivity (Wildman–Crippen MR) is 90.5 cm³/mol. The van der Waals surface area contributed by atoms with Crippen molar-refractivity contribution in [2.75, 3.05) is 12.8 Å². The fourth-order valence-electron chi connectivity index (χ4n) is 2.83. The number of nitro benzene ring substituents is 1. The Labute approximate surface area is 148 Å². The molecule has 0 fully saturated rings. The van der Waals surface area contributed by atoms with Crippen molar-refractivity contribution in [2.45, 2.75) is 24.7 Å². The first-order valence-electron chi connectivity index (χ1n) is 7.66. The Balaban J connectivity index is 1.89. The number of hydrogen-bond donors (Lipinski definition) is 2. The van der Waals surface area contributed by atoms with Crippen LogP contribution in [0.15, 0.2) is 28.2 Å². The minimum atomic E-state index is -3.66. The van der Waals surface area contributed by atoms with Gasteiger partial charge in [0.15, 0.2) is 0 Å². The minimum absolute atomic E-state index is 0.0721. The number of rotatable bonds is 4. The summed E-state index contributed by atoms with van der Waals surface area (Å²) in [4.78, 5) is 30.6. The SMILES string of the molecule is CS(=O)(=O)c1nc2c(c(=O)[nH]1)CCN(Cc1cc([N+](=O)[O-])ccc1O)C2. The molecule has 0 saturated heterocycles. The number of nitrogens with one attached hydrogen (secondary N) is 1. The Morgan fingerprint density at radius 3 is 2.81 bits per heavy atom. The van der Waals surface area contributed by atoms with Crippen LogP contribution in [0, 0.1) is 10.1 Å². The van der Waals surface area contributed by atoms with E-state index in [9.17, 15) is 28.4 Å². The van der Waals surface area contributed by atoms with Crippen LogP contribution in [0.25, 0.3) is 0 Å². The summed E-state index contributed by atoms with van der Waals surface area (Å²) in [6, 6.07) is 3.76. The second-order valence-electron chi connectivity index (χ2n) is 6.10. The third-order valence-electron chi connectivity index (χ3n) is 4.15. The molecule has 0 spiro atoms. The molecule has 3 rings (SSSR count). The van der Waals surface area contributed by atoms with E-state index in [0.717, 1.165) is 6.26 Å². The highest BCUT2D eigenvalue weighted by Crippen LogP contribution is 2.26. The van der Waals surface area contributed by atoms with Gasteiger partial charge in [-0.1, -0.05) is 0 Å². The van der Waals surface area contributed by atoms with Gasteiger partial charge in [0.25, 0.3) is 11.2 Å². The number of H-pyrrole nitrogens is 1. The molecule has 26 heavy (non-hydrogen) atoms. The highest BCUT2D eigenvalue weighted by atomic mass is 32.2. The van der Waals surface area contributed by atoms with E-state index in [-0.39, 0.29) is 29.7 Å². The van der Waals surface area contributed by atoms with Crippen molar-refractivity contribution in [1.82, 2.24) is 14.9 Å². The van der Waals surface area contributed by atoms with Gasteiger partial charge in [-0.3, -0.25) is 24.8 Å². The molecular weight excluding hydrogens is 364 g/mol. The van der Waals surface area contributed by atoms with Crippen LogP contribution in [0.2, 0.25) is 0 Å². The van der Waals surface area contributed by atoms with Crippen LogP contribution >= 0.6 is 0 Å². The number of sulfone groups is 1. The number of nitro groups is 1. The lowest BCUT2D eigenvalue weighted by Crippen LogP contribution is -2.35. The zero-order valence-corrected chi connectivity index (χ0v) is 14.6. The summed E-state index contributed by atoms with van der Waals surface area (Å²) in [7, 11) is -3.66. The highest BCUT2D eigenvalue weighted by Gasteiger charge is 2.24. The second-order valence-corrected chi connectivity index (χ2v) is 8.03. The lowest BCUT2D eigenvalue weighted by Gasteiger charge is -2.27. The topological polar surface area (TPSA) is 146 Å². The van der Waals surface area contributed by atoms with Crippen molar-refractivity contribution in [1.29, 1.82) is 0 Å². The van der Waals surface area contributed by atoms with E-state index in [4.69, 9.17) is 0 Å². The lowest BCUT2D eigenvalue weighted by atomic mass is 10.1. The van der Waals surface area contributed by atoms with Gasteiger partial charge in [-0.25, -0.2) is 13.4 Å². The zero-order chi connectivity index (χ0) is 19.1. The van der Waals surface area contributed by atoms with Crippen molar-refractivity contribution in [2.24, 2.45) is 0 Å². The predicted octanol–water partition coefficient (Wildman–Crippen LogP) is 0.345. The molecule has 1 aliphatic heterocycles. The van der Waals surface area contributed by atoms with E-state index in [0.29, 0.717) is 29.8 Å². The Kier molecular flexibility index (Phi) is 4.50. The summed E-state index contributed by atoms with van der Waals surface area (Å²) in [6.45, 7) is 0.873. The molecule has 11 heteroatoms. The average Bonchev–Trinajstić information content (AvgIpc) is 2.55. The first-order chi connectivity index (χ1) is 12.1. The van der Waals surface area contributed by atoms with Gasteiger partial charge < -0.3 is 5.11 Å². The first kappa shape index (κ1) is 18.0. The van der Waals surface area contributed by atoms with Gasteiger partial charge in [-0.2, -0.15) is 0 Å². The van der Waals surface area contributed by atoms with E-state index in [1.165, 1.54) is 18.2 Å². The van der Waals surface area contributed by atoms with E-state index >= 15 is 0 Å². The molecular formula is C15H16N4O6S. The number of nitrogens with zero attached hydrogens (tertiary/aromatic N) is 3.